The fourth-order valence-corrected chi connectivity index (χ4v) is 4.55. The topological polar surface area (TPSA) is 49.4 Å². The Morgan fingerprint density at radius 2 is 1.77 bits per heavy atom. The number of amides is 2. The maximum Gasteiger partial charge on any atom is 0.242 e. The molecule has 0 aromatic heterocycles. The van der Waals surface area contributed by atoms with Gasteiger partial charge >= 0.3 is 0 Å². The van der Waals surface area contributed by atoms with E-state index in [1.807, 2.05) is 51.1 Å². The molecule has 2 amide bonds. The normalized spacial score (nSPS) is 12.4. The molecule has 0 fully saturated rings. The van der Waals surface area contributed by atoms with E-state index in [0.717, 1.165) is 15.6 Å². The van der Waals surface area contributed by atoms with Crippen LogP contribution in [0, 0.1) is 0 Å². The molecule has 2 aromatic carbocycles. The Bertz CT molecular complexity index is 917. The number of hydrogen-bond donors (Lipinski definition) is 1. The van der Waals surface area contributed by atoms with Crippen LogP contribution in [0.1, 0.15) is 38.8 Å². The monoisotopic (exact) mass is 544 g/mol. The molecule has 0 spiro atoms. The minimum atomic E-state index is -0.602. The van der Waals surface area contributed by atoms with Gasteiger partial charge in [0.05, 0.1) is 5.75 Å². The van der Waals surface area contributed by atoms with Crippen LogP contribution in [0.15, 0.2) is 46.9 Å². The molecular weight excluding hydrogens is 519 g/mol. The van der Waals surface area contributed by atoms with Crippen molar-refractivity contribution in [1.82, 2.24) is 10.2 Å². The molecule has 1 atom stereocenters. The third-order valence-corrected chi connectivity index (χ3v) is 6.51. The van der Waals surface area contributed by atoms with Gasteiger partial charge in [-0.3, -0.25) is 9.59 Å². The zero-order valence-electron chi connectivity index (χ0n) is 18.0. The van der Waals surface area contributed by atoms with Crippen LogP contribution in [-0.4, -0.2) is 34.0 Å². The van der Waals surface area contributed by atoms with Crippen LogP contribution in [0.5, 0.6) is 0 Å². The first kappa shape index (κ1) is 26.0. The van der Waals surface area contributed by atoms with E-state index in [1.54, 1.807) is 24.0 Å². The van der Waals surface area contributed by atoms with E-state index in [-0.39, 0.29) is 23.1 Å². The Kier molecular flexibility index (Phi) is 9.74. The van der Waals surface area contributed by atoms with Crippen molar-refractivity contribution < 1.29 is 9.59 Å². The average Bonchev–Trinajstić information content (AvgIpc) is 2.67. The van der Waals surface area contributed by atoms with Crippen molar-refractivity contribution in [2.75, 3.05) is 5.75 Å². The van der Waals surface area contributed by atoms with E-state index in [0.29, 0.717) is 22.3 Å². The molecule has 0 heterocycles. The Hall–Kier alpha value is -1.21. The highest BCUT2D eigenvalue weighted by Gasteiger charge is 2.28. The predicted octanol–water partition coefficient (Wildman–Crippen LogP) is 6.32. The fraction of sp³-hybridized carbons (Fsp3) is 0.391. The summed E-state index contributed by atoms with van der Waals surface area (Å²) in [6, 6.07) is 12.5. The summed E-state index contributed by atoms with van der Waals surface area (Å²) in [4.78, 5) is 27.5. The minimum Gasteiger partial charge on any atom is -0.350 e. The van der Waals surface area contributed by atoms with Gasteiger partial charge in [0.25, 0.3) is 0 Å². The third kappa shape index (κ3) is 8.68. The lowest BCUT2D eigenvalue weighted by Crippen LogP contribution is -2.52. The zero-order valence-corrected chi connectivity index (χ0v) is 22.0. The summed E-state index contributed by atoms with van der Waals surface area (Å²) >= 11 is 17.1. The second-order valence-corrected chi connectivity index (χ2v) is 11.0. The number of nitrogens with zero attached hydrogens (tertiary/aromatic N) is 1. The molecule has 0 saturated carbocycles. The van der Waals surface area contributed by atoms with Gasteiger partial charge in [-0.1, -0.05) is 57.3 Å². The van der Waals surface area contributed by atoms with E-state index >= 15 is 0 Å². The van der Waals surface area contributed by atoms with Gasteiger partial charge in [-0.2, -0.15) is 0 Å². The average molecular weight is 546 g/mol. The van der Waals surface area contributed by atoms with E-state index in [4.69, 9.17) is 23.2 Å². The van der Waals surface area contributed by atoms with Crippen molar-refractivity contribution >= 4 is 62.7 Å². The molecule has 168 valence electrons. The fourth-order valence-electron chi connectivity index (χ4n) is 2.81. The minimum absolute atomic E-state index is 0.102. The van der Waals surface area contributed by atoms with Gasteiger partial charge < -0.3 is 10.2 Å². The first-order chi connectivity index (χ1) is 14.5. The van der Waals surface area contributed by atoms with Crippen molar-refractivity contribution in [3.63, 3.8) is 0 Å². The molecule has 0 saturated heterocycles. The van der Waals surface area contributed by atoms with Gasteiger partial charge in [-0.25, -0.2) is 0 Å². The largest absolute Gasteiger partial charge is 0.350 e. The number of rotatable bonds is 8. The van der Waals surface area contributed by atoms with Crippen molar-refractivity contribution in [2.45, 2.75) is 51.6 Å². The summed E-state index contributed by atoms with van der Waals surface area (Å²) in [6.45, 7) is 7.88. The second kappa shape index (κ2) is 11.6. The summed E-state index contributed by atoms with van der Waals surface area (Å²) in [5, 5.41) is 4.13. The van der Waals surface area contributed by atoms with Crippen molar-refractivity contribution in [3.8, 4) is 0 Å². The van der Waals surface area contributed by atoms with Crippen LogP contribution in [0.3, 0.4) is 0 Å². The first-order valence-electron chi connectivity index (χ1n) is 9.84. The third-order valence-electron chi connectivity index (χ3n) is 4.43. The molecule has 0 aliphatic heterocycles. The van der Waals surface area contributed by atoms with Crippen LogP contribution in [0.2, 0.25) is 10.0 Å². The Morgan fingerprint density at radius 3 is 2.35 bits per heavy atom. The van der Waals surface area contributed by atoms with Crippen LogP contribution in [0.25, 0.3) is 0 Å². The predicted molar refractivity (Wildman–Crippen MR) is 135 cm³/mol. The summed E-state index contributed by atoms with van der Waals surface area (Å²) < 4.78 is 0.961. The molecule has 1 unspecified atom stereocenters. The quantitative estimate of drug-likeness (QED) is 0.422. The maximum atomic E-state index is 13.1. The van der Waals surface area contributed by atoms with Crippen molar-refractivity contribution in [2.24, 2.45) is 0 Å². The number of carbonyl (C=O) groups is 2. The molecule has 0 radical (unpaired) electrons. The van der Waals surface area contributed by atoms with Crippen LogP contribution >= 0.6 is 50.9 Å². The van der Waals surface area contributed by atoms with Crippen LogP contribution in [-0.2, 0) is 21.9 Å². The molecule has 0 aliphatic carbocycles. The molecular formula is C23H27BrCl2N2O2S. The van der Waals surface area contributed by atoms with Gasteiger partial charge in [-0.05, 0) is 63.1 Å². The second-order valence-electron chi connectivity index (χ2n) is 8.29. The van der Waals surface area contributed by atoms with Gasteiger partial charge in [0, 0.05) is 32.4 Å². The van der Waals surface area contributed by atoms with Gasteiger partial charge in [0.15, 0.2) is 0 Å². The number of thioether (sulfide) groups is 1. The highest BCUT2D eigenvalue weighted by Crippen LogP contribution is 2.25. The number of carbonyl (C=O) groups excluding carboxylic acids is 2. The van der Waals surface area contributed by atoms with Crippen molar-refractivity contribution in [3.05, 3.63) is 68.1 Å². The molecule has 0 bridgehead atoms. The van der Waals surface area contributed by atoms with Crippen molar-refractivity contribution in [1.29, 1.82) is 0 Å². The molecule has 8 heteroatoms. The Balaban J connectivity index is 2.10. The lowest BCUT2D eigenvalue weighted by atomic mass is 10.1. The maximum absolute atomic E-state index is 13.1. The molecule has 31 heavy (non-hydrogen) atoms. The molecule has 2 aromatic rings. The SMILES string of the molecule is CC(C(=O)NC(C)(C)C)N(Cc1ccc(Br)cc1)C(=O)CSCc1ccc(Cl)cc1Cl. The van der Waals surface area contributed by atoms with Crippen LogP contribution < -0.4 is 5.32 Å². The lowest BCUT2D eigenvalue weighted by Gasteiger charge is -2.31. The van der Waals surface area contributed by atoms with E-state index in [1.165, 1.54) is 11.8 Å². The standard InChI is InChI=1S/C23H27BrCl2N2O2S/c1-15(22(30)27-23(2,3)4)28(12-16-5-8-18(24)9-6-16)21(29)14-31-13-17-7-10-19(25)11-20(17)26/h5-11,15H,12-14H2,1-4H3,(H,27,30). The molecule has 4 nitrogen and oxygen atoms in total. The summed E-state index contributed by atoms with van der Waals surface area (Å²) in [5.74, 6) is 0.539. The van der Waals surface area contributed by atoms with Gasteiger partial charge in [0.2, 0.25) is 11.8 Å². The lowest BCUT2D eigenvalue weighted by molar-refractivity contribution is -0.139. The van der Waals surface area contributed by atoms with Gasteiger partial charge in [0.1, 0.15) is 6.04 Å². The van der Waals surface area contributed by atoms with E-state index < -0.39 is 6.04 Å². The molecule has 2 rings (SSSR count). The molecule has 1 N–H and O–H groups in total. The smallest absolute Gasteiger partial charge is 0.242 e. The first-order valence-corrected chi connectivity index (χ1v) is 12.5. The van der Waals surface area contributed by atoms with Gasteiger partial charge in [-0.15, -0.1) is 11.8 Å². The van der Waals surface area contributed by atoms with E-state index in [2.05, 4.69) is 21.2 Å². The zero-order chi connectivity index (χ0) is 23.2. The number of halogens is 3. The summed E-state index contributed by atoms with van der Waals surface area (Å²) in [6.07, 6.45) is 0. The summed E-state index contributed by atoms with van der Waals surface area (Å²) in [7, 11) is 0. The number of benzene rings is 2. The summed E-state index contributed by atoms with van der Waals surface area (Å²) in [5.41, 5.74) is 1.50. The highest BCUT2D eigenvalue weighted by molar-refractivity contribution is 9.10. The Labute approximate surface area is 207 Å². The number of nitrogens with one attached hydrogen (secondary N) is 1. The Morgan fingerprint density at radius 1 is 1.13 bits per heavy atom. The molecule has 0 aliphatic rings. The van der Waals surface area contributed by atoms with Crippen LogP contribution in [0.4, 0.5) is 0 Å². The van der Waals surface area contributed by atoms with E-state index in [9.17, 15) is 9.59 Å². The number of hydrogen-bond acceptors (Lipinski definition) is 3. The highest BCUT2D eigenvalue weighted by atomic mass is 79.9.